The third kappa shape index (κ3) is 1.46. The van der Waals surface area contributed by atoms with E-state index in [1.54, 1.807) is 0 Å². The molecule has 3 rings (SSSR count). The molecule has 0 radical (unpaired) electrons. The summed E-state index contributed by atoms with van der Waals surface area (Å²) in [6, 6.07) is 16.1. The van der Waals surface area contributed by atoms with Crippen molar-refractivity contribution in [2.45, 2.75) is 0 Å². The molecule has 0 aliphatic rings. The zero-order valence-corrected chi connectivity index (χ0v) is 9.37. The van der Waals surface area contributed by atoms with Crippen LogP contribution in [0, 0.1) is 0 Å². The molecule has 2 nitrogen and oxygen atoms in total. The summed E-state index contributed by atoms with van der Waals surface area (Å²) in [7, 11) is 0. The Bertz CT molecular complexity index is 626. The molecule has 0 amide bonds. The Morgan fingerprint density at radius 2 is 1.69 bits per heavy atom. The van der Waals surface area contributed by atoms with Crippen LogP contribution in [-0.2, 0) is 0 Å². The maximum Gasteiger partial charge on any atom is 0.0919 e. The van der Waals surface area contributed by atoms with Gasteiger partial charge in [0.25, 0.3) is 0 Å². The van der Waals surface area contributed by atoms with Gasteiger partial charge in [-0.15, -0.1) is 0 Å². The van der Waals surface area contributed by atoms with Crippen molar-refractivity contribution in [2.24, 2.45) is 0 Å². The Labute approximate surface area is 97.5 Å². The average Bonchev–Trinajstić information content (AvgIpc) is 2.74. The molecule has 78 valence electrons. The van der Waals surface area contributed by atoms with Gasteiger partial charge in [0.2, 0.25) is 0 Å². The van der Waals surface area contributed by atoms with Gasteiger partial charge in [-0.3, -0.25) is 0 Å². The van der Waals surface area contributed by atoms with Crippen LogP contribution in [0.15, 0.2) is 48.5 Å². The molecule has 0 aliphatic heterocycles. The summed E-state index contributed by atoms with van der Waals surface area (Å²) in [5.74, 6) is 0. The van der Waals surface area contributed by atoms with Crippen LogP contribution in [0.2, 0.25) is 0 Å². The molecule has 0 unspecified atom stereocenters. The lowest BCUT2D eigenvalue weighted by molar-refractivity contribution is 1.54. The molecule has 1 heterocycles. The first-order chi connectivity index (χ1) is 7.84. The van der Waals surface area contributed by atoms with Crippen LogP contribution in [0.25, 0.3) is 21.3 Å². The third-order valence-corrected chi connectivity index (χ3v) is 3.39. The van der Waals surface area contributed by atoms with Crippen molar-refractivity contribution < 1.29 is 0 Å². The molecule has 0 saturated carbocycles. The van der Waals surface area contributed by atoms with Crippen LogP contribution in [0.5, 0.6) is 0 Å². The third-order valence-electron chi connectivity index (χ3n) is 2.56. The molecule has 2 N–H and O–H groups in total. The number of benzene rings is 2. The number of anilines is 1. The van der Waals surface area contributed by atoms with Gasteiger partial charge in [-0.2, -0.15) is 4.37 Å². The average molecular weight is 226 g/mol. The van der Waals surface area contributed by atoms with Crippen molar-refractivity contribution in [2.75, 3.05) is 5.73 Å². The first-order valence-electron chi connectivity index (χ1n) is 5.05. The van der Waals surface area contributed by atoms with Gasteiger partial charge >= 0.3 is 0 Å². The summed E-state index contributed by atoms with van der Waals surface area (Å²) in [4.78, 5) is 0. The lowest BCUT2D eigenvalue weighted by Gasteiger charge is -1.98. The van der Waals surface area contributed by atoms with Crippen LogP contribution in [0.1, 0.15) is 0 Å². The highest BCUT2D eigenvalue weighted by Crippen LogP contribution is 2.30. The van der Waals surface area contributed by atoms with Gasteiger partial charge in [0.1, 0.15) is 0 Å². The van der Waals surface area contributed by atoms with Gasteiger partial charge in [0.05, 0.1) is 10.4 Å². The molecule has 3 aromatic rings. The smallest absolute Gasteiger partial charge is 0.0919 e. The zero-order chi connectivity index (χ0) is 11.0. The van der Waals surface area contributed by atoms with E-state index in [1.807, 2.05) is 36.4 Å². The van der Waals surface area contributed by atoms with Crippen LogP contribution in [0.3, 0.4) is 0 Å². The lowest BCUT2D eigenvalue weighted by Crippen LogP contribution is -1.84. The molecule has 0 bridgehead atoms. The van der Waals surface area contributed by atoms with Crippen molar-refractivity contribution in [1.82, 2.24) is 4.37 Å². The monoisotopic (exact) mass is 226 g/mol. The Morgan fingerprint density at radius 3 is 2.50 bits per heavy atom. The standard InChI is InChI=1S/C13H10N2S/c14-10-7-5-9(6-8-10)13-11-3-1-2-4-12(11)16-15-13/h1-8H,14H2. The molecule has 3 heteroatoms. The summed E-state index contributed by atoms with van der Waals surface area (Å²) in [6.07, 6.45) is 0. The Kier molecular flexibility index (Phi) is 2.11. The maximum atomic E-state index is 5.67. The van der Waals surface area contributed by atoms with Crippen LogP contribution < -0.4 is 5.73 Å². The summed E-state index contributed by atoms with van der Waals surface area (Å²) in [5.41, 5.74) is 8.62. The number of nitrogens with two attached hydrogens (primary N) is 1. The first-order valence-corrected chi connectivity index (χ1v) is 5.82. The molecule has 16 heavy (non-hydrogen) atoms. The van der Waals surface area contributed by atoms with E-state index in [1.165, 1.54) is 21.6 Å². The molecular weight excluding hydrogens is 216 g/mol. The van der Waals surface area contributed by atoms with Crippen LogP contribution >= 0.6 is 11.5 Å². The minimum Gasteiger partial charge on any atom is -0.399 e. The van der Waals surface area contributed by atoms with Gasteiger partial charge in [-0.1, -0.05) is 30.3 Å². The predicted molar refractivity (Wildman–Crippen MR) is 69.5 cm³/mol. The fraction of sp³-hybridized carbons (Fsp3) is 0. The zero-order valence-electron chi connectivity index (χ0n) is 8.55. The van der Waals surface area contributed by atoms with E-state index >= 15 is 0 Å². The van der Waals surface area contributed by atoms with Gasteiger partial charge in [-0.25, -0.2) is 0 Å². The largest absolute Gasteiger partial charge is 0.399 e. The van der Waals surface area contributed by atoms with E-state index in [4.69, 9.17) is 5.73 Å². The number of rotatable bonds is 1. The SMILES string of the molecule is Nc1ccc(-c2nsc3ccccc23)cc1. The van der Waals surface area contributed by atoms with Crippen molar-refractivity contribution in [3.63, 3.8) is 0 Å². The highest BCUT2D eigenvalue weighted by Gasteiger charge is 2.06. The van der Waals surface area contributed by atoms with Crippen molar-refractivity contribution >= 4 is 27.3 Å². The number of fused-ring (bicyclic) bond motifs is 1. The summed E-state index contributed by atoms with van der Waals surface area (Å²) in [5, 5.41) is 1.21. The van der Waals surface area contributed by atoms with Gasteiger partial charge in [-0.05, 0) is 29.7 Å². The molecule has 0 atom stereocenters. The van der Waals surface area contributed by atoms with E-state index in [2.05, 4.69) is 16.5 Å². The van der Waals surface area contributed by atoms with Crippen LogP contribution in [-0.4, -0.2) is 4.37 Å². The van der Waals surface area contributed by atoms with Crippen molar-refractivity contribution in [3.8, 4) is 11.3 Å². The van der Waals surface area contributed by atoms with E-state index in [-0.39, 0.29) is 0 Å². The molecule has 1 aromatic heterocycles. The van der Waals surface area contributed by atoms with Crippen molar-refractivity contribution in [3.05, 3.63) is 48.5 Å². The predicted octanol–water partition coefficient (Wildman–Crippen LogP) is 3.55. The number of hydrogen-bond donors (Lipinski definition) is 1. The fourth-order valence-electron chi connectivity index (χ4n) is 1.74. The second-order valence-electron chi connectivity index (χ2n) is 3.65. The number of hydrogen-bond acceptors (Lipinski definition) is 3. The summed E-state index contributed by atoms with van der Waals surface area (Å²) < 4.78 is 5.71. The van der Waals surface area contributed by atoms with E-state index in [9.17, 15) is 0 Å². The first kappa shape index (κ1) is 9.36. The molecule has 0 fully saturated rings. The molecule has 2 aromatic carbocycles. The summed E-state index contributed by atoms with van der Waals surface area (Å²) in [6.45, 7) is 0. The lowest BCUT2D eigenvalue weighted by atomic mass is 10.1. The van der Waals surface area contributed by atoms with Gasteiger partial charge in [0, 0.05) is 16.6 Å². The van der Waals surface area contributed by atoms with Crippen molar-refractivity contribution in [1.29, 1.82) is 0 Å². The quantitative estimate of drug-likeness (QED) is 0.644. The van der Waals surface area contributed by atoms with E-state index in [0.29, 0.717) is 0 Å². The number of nitrogen functional groups attached to an aromatic ring is 1. The second kappa shape index (κ2) is 3.61. The second-order valence-corrected chi connectivity index (χ2v) is 4.45. The Hall–Kier alpha value is -1.87. The Balaban J connectivity index is 2.22. The molecular formula is C13H10N2S. The minimum atomic E-state index is 0.781. The number of aromatic nitrogens is 1. The topological polar surface area (TPSA) is 38.9 Å². The highest BCUT2D eigenvalue weighted by atomic mass is 32.1. The molecule has 0 spiro atoms. The molecule has 0 saturated heterocycles. The fourth-order valence-corrected chi connectivity index (χ4v) is 2.53. The van der Waals surface area contributed by atoms with E-state index in [0.717, 1.165) is 16.9 Å². The highest BCUT2D eigenvalue weighted by molar-refractivity contribution is 7.13. The van der Waals surface area contributed by atoms with E-state index < -0.39 is 0 Å². The van der Waals surface area contributed by atoms with Gasteiger partial charge in [0.15, 0.2) is 0 Å². The van der Waals surface area contributed by atoms with Crippen LogP contribution in [0.4, 0.5) is 5.69 Å². The summed E-state index contributed by atoms with van der Waals surface area (Å²) >= 11 is 1.53. The molecule has 0 aliphatic carbocycles. The Morgan fingerprint density at radius 1 is 0.938 bits per heavy atom. The number of nitrogens with zero attached hydrogens (tertiary/aromatic N) is 1. The normalized spacial score (nSPS) is 10.8. The minimum absolute atomic E-state index is 0.781. The van der Waals surface area contributed by atoms with Gasteiger partial charge < -0.3 is 5.73 Å². The maximum absolute atomic E-state index is 5.67.